The first kappa shape index (κ1) is 19.1. The summed E-state index contributed by atoms with van der Waals surface area (Å²) in [5.41, 5.74) is 3.33. The van der Waals surface area contributed by atoms with E-state index in [1.807, 2.05) is 39.0 Å². The third-order valence-corrected chi connectivity index (χ3v) is 4.75. The highest BCUT2D eigenvalue weighted by Crippen LogP contribution is 2.27. The van der Waals surface area contributed by atoms with Crippen LogP contribution in [0.3, 0.4) is 0 Å². The SMILES string of the molecule is CCc1nnc(C2CN(C(=O)Nc3ccc(C)c(-c4nc(C)co4)c3)CCO2)o1. The van der Waals surface area contributed by atoms with Crippen LogP contribution < -0.4 is 5.32 Å². The second-order valence-corrected chi connectivity index (χ2v) is 6.95. The molecule has 0 bridgehead atoms. The lowest BCUT2D eigenvalue weighted by atomic mass is 10.1. The minimum absolute atomic E-state index is 0.216. The Morgan fingerprint density at radius 2 is 2.17 bits per heavy atom. The Morgan fingerprint density at radius 1 is 1.31 bits per heavy atom. The number of aryl methyl sites for hydroxylation is 3. The van der Waals surface area contributed by atoms with Gasteiger partial charge in [0.2, 0.25) is 17.7 Å². The van der Waals surface area contributed by atoms with Crippen LogP contribution in [0, 0.1) is 13.8 Å². The van der Waals surface area contributed by atoms with E-state index in [2.05, 4.69) is 20.5 Å². The Labute approximate surface area is 168 Å². The van der Waals surface area contributed by atoms with Crippen LogP contribution in [0.5, 0.6) is 0 Å². The van der Waals surface area contributed by atoms with Gasteiger partial charge in [-0.2, -0.15) is 0 Å². The third kappa shape index (κ3) is 4.14. The number of anilines is 1. The summed E-state index contributed by atoms with van der Waals surface area (Å²) in [6.45, 7) is 7.01. The molecule has 0 spiro atoms. The quantitative estimate of drug-likeness (QED) is 0.718. The largest absolute Gasteiger partial charge is 0.444 e. The van der Waals surface area contributed by atoms with Gasteiger partial charge in [0.25, 0.3) is 0 Å². The fraction of sp³-hybridized carbons (Fsp3) is 0.400. The van der Waals surface area contributed by atoms with Crippen molar-refractivity contribution in [2.24, 2.45) is 0 Å². The molecule has 9 nitrogen and oxygen atoms in total. The number of nitrogens with one attached hydrogen (secondary N) is 1. The average Bonchev–Trinajstić information content (AvgIpc) is 3.38. The summed E-state index contributed by atoms with van der Waals surface area (Å²) in [7, 11) is 0. The van der Waals surface area contributed by atoms with Crippen molar-refractivity contribution in [2.75, 3.05) is 25.0 Å². The molecule has 1 saturated heterocycles. The minimum atomic E-state index is -0.425. The smallest absolute Gasteiger partial charge is 0.322 e. The number of rotatable bonds is 4. The summed E-state index contributed by atoms with van der Waals surface area (Å²) in [6, 6.07) is 5.43. The molecule has 1 fully saturated rings. The topological polar surface area (TPSA) is 107 Å². The molecular weight excluding hydrogens is 374 g/mol. The third-order valence-electron chi connectivity index (χ3n) is 4.75. The lowest BCUT2D eigenvalue weighted by Gasteiger charge is -2.31. The molecule has 1 aromatic carbocycles. The Hall–Kier alpha value is -3.20. The minimum Gasteiger partial charge on any atom is -0.444 e. The number of amides is 2. The fourth-order valence-corrected chi connectivity index (χ4v) is 3.13. The summed E-state index contributed by atoms with van der Waals surface area (Å²) >= 11 is 0. The highest BCUT2D eigenvalue weighted by atomic mass is 16.5. The molecule has 3 heterocycles. The van der Waals surface area contributed by atoms with Gasteiger partial charge >= 0.3 is 6.03 Å². The van der Waals surface area contributed by atoms with Crippen LogP contribution in [0.2, 0.25) is 0 Å². The molecular formula is C20H23N5O4. The van der Waals surface area contributed by atoms with Crippen LogP contribution in [0.1, 0.15) is 36.1 Å². The lowest BCUT2D eigenvalue weighted by Crippen LogP contribution is -2.44. The monoisotopic (exact) mass is 397 g/mol. The number of nitrogens with zero attached hydrogens (tertiary/aromatic N) is 4. The maximum absolute atomic E-state index is 12.8. The molecule has 1 aliphatic rings. The van der Waals surface area contributed by atoms with Crippen molar-refractivity contribution >= 4 is 11.7 Å². The average molecular weight is 397 g/mol. The molecule has 1 N–H and O–H groups in total. The Balaban J connectivity index is 1.46. The summed E-state index contributed by atoms with van der Waals surface area (Å²) in [5.74, 6) is 1.49. The molecule has 29 heavy (non-hydrogen) atoms. The molecule has 9 heteroatoms. The second-order valence-electron chi connectivity index (χ2n) is 6.95. The number of aromatic nitrogens is 3. The van der Waals surface area contributed by atoms with E-state index in [0.29, 0.717) is 49.5 Å². The first-order chi connectivity index (χ1) is 14.0. The number of morpholine rings is 1. The van der Waals surface area contributed by atoms with Gasteiger partial charge in [-0.15, -0.1) is 10.2 Å². The molecule has 4 rings (SSSR count). The second kappa shape index (κ2) is 8.04. The van der Waals surface area contributed by atoms with Crippen LogP contribution in [-0.4, -0.2) is 45.8 Å². The molecule has 152 valence electrons. The highest BCUT2D eigenvalue weighted by Gasteiger charge is 2.29. The van der Waals surface area contributed by atoms with Crippen molar-refractivity contribution in [1.82, 2.24) is 20.1 Å². The standard InChI is InChI=1S/C20H23N5O4/c1-4-17-23-24-19(29-17)16-10-25(7-8-27-16)20(26)22-14-6-5-12(2)15(9-14)18-21-13(3)11-28-18/h5-6,9,11,16H,4,7-8,10H2,1-3H3,(H,22,26). The molecule has 1 aliphatic heterocycles. The van der Waals surface area contributed by atoms with E-state index in [0.717, 1.165) is 16.8 Å². The van der Waals surface area contributed by atoms with E-state index in [1.165, 1.54) is 0 Å². The number of oxazole rings is 1. The molecule has 1 atom stereocenters. The lowest BCUT2D eigenvalue weighted by molar-refractivity contribution is -0.0275. The maximum Gasteiger partial charge on any atom is 0.322 e. The van der Waals surface area contributed by atoms with Gasteiger partial charge in [-0.25, -0.2) is 9.78 Å². The molecule has 2 aromatic heterocycles. The van der Waals surface area contributed by atoms with Gasteiger partial charge in [-0.3, -0.25) is 0 Å². The van der Waals surface area contributed by atoms with Gasteiger partial charge in [0, 0.05) is 24.2 Å². The predicted molar refractivity (Wildman–Crippen MR) is 104 cm³/mol. The van der Waals surface area contributed by atoms with Crippen LogP contribution in [0.4, 0.5) is 10.5 Å². The molecule has 2 amide bonds. The zero-order valence-electron chi connectivity index (χ0n) is 16.6. The van der Waals surface area contributed by atoms with Crippen LogP contribution in [0.25, 0.3) is 11.5 Å². The number of benzene rings is 1. The summed E-state index contributed by atoms with van der Waals surface area (Å²) < 4.78 is 16.8. The van der Waals surface area contributed by atoms with Gasteiger partial charge in [-0.05, 0) is 31.5 Å². The predicted octanol–water partition coefficient (Wildman–Crippen LogP) is 3.51. The number of hydrogen-bond donors (Lipinski definition) is 1. The summed E-state index contributed by atoms with van der Waals surface area (Å²) in [4.78, 5) is 18.9. The Morgan fingerprint density at radius 3 is 2.90 bits per heavy atom. The Kier molecular flexibility index (Phi) is 5.30. The van der Waals surface area contributed by atoms with E-state index >= 15 is 0 Å². The van der Waals surface area contributed by atoms with Crippen molar-refractivity contribution in [3.63, 3.8) is 0 Å². The highest BCUT2D eigenvalue weighted by molar-refractivity contribution is 5.90. The zero-order chi connectivity index (χ0) is 20.4. The maximum atomic E-state index is 12.8. The van der Waals surface area contributed by atoms with Crippen LogP contribution in [0.15, 0.2) is 33.3 Å². The van der Waals surface area contributed by atoms with E-state index in [4.69, 9.17) is 13.6 Å². The normalized spacial score (nSPS) is 16.8. The van der Waals surface area contributed by atoms with E-state index in [-0.39, 0.29) is 6.03 Å². The van der Waals surface area contributed by atoms with Crippen molar-refractivity contribution in [1.29, 1.82) is 0 Å². The van der Waals surface area contributed by atoms with Gasteiger partial charge in [0.15, 0.2) is 6.10 Å². The first-order valence-electron chi connectivity index (χ1n) is 9.56. The molecule has 0 saturated carbocycles. The van der Waals surface area contributed by atoms with Gasteiger partial charge < -0.3 is 23.8 Å². The summed E-state index contributed by atoms with van der Waals surface area (Å²) in [5, 5.41) is 10.9. The number of urea groups is 1. The van der Waals surface area contributed by atoms with Gasteiger partial charge in [-0.1, -0.05) is 13.0 Å². The number of ether oxygens (including phenoxy) is 1. The van der Waals surface area contributed by atoms with Crippen molar-refractivity contribution in [3.8, 4) is 11.5 Å². The number of hydrogen-bond acceptors (Lipinski definition) is 7. The van der Waals surface area contributed by atoms with Crippen molar-refractivity contribution in [3.05, 3.63) is 47.5 Å². The van der Waals surface area contributed by atoms with Crippen molar-refractivity contribution in [2.45, 2.75) is 33.3 Å². The van der Waals surface area contributed by atoms with Crippen LogP contribution >= 0.6 is 0 Å². The molecule has 1 unspecified atom stereocenters. The first-order valence-corrected chi connectivity index (χ1v) is 9.56. The molecule has 3 aromatic rings. The molecule has 0 aliphatic carbocycles. The van der Waals surface area contributed by atoms with E-state index in [1.54, 1.807) is 11.2 Å². The van der Waals surface area contributed by atoms with Gasteiger partial charge in [0.1, 0.15) is 6.26 Å². The summed E-state index contributed by atoms with van der Waals surface area (Å²) in [6.07, 6.45) is 1.84. The number of carbonyl (C=O) groups is 1. The van der Waals surface area contributed by atoms with Crippen molar-refractivity contribution < 1.29 is 18.4 Å². The molecule has 0 radical (unpaired) electrons. The van der Waals surface area contributed by atoms with Gasteiger partial charge in [0.05, 0.1) is 18.8 Å². The zero-order valence-corrected chi connectivity index (χ0v) is 16.6. The number of carbonyl (C=O) groups excluding carboxylic acids is 1. The fourth-order valence-electron chi connectivity index (χ4n) is 3.13. The van der Waals surface area contributed by atoms with Crippen LogP contribution in [-0.2, 0) is 11.2 Å². The van der Waals surface area contributed by atoms with E-state index < -0.39 is 6.10 Å². The Bertz CT molecular complexity index is 1010. The van der Waals surface area contributed by atoms with E-state index in [9.17, 15) is 4.79 Å².